The third-order valence-electron chi connectivity index (χ3n) is 3.70. The van der Waals surface area contributed by atoms with E-state index in [0.29, 0.717) is 0 Å². The van der Waals surface area contributed by atoms with Crippen LogP contribution in [-0.4, -0.2) is 6.54 Å². The van der Waals surface area contributed by atoms with Crippen LogP contribution in [0.2, 0.25) is 10.0 Å². The van der Waals surface area contributed by atoms with Gasteiger partial charge in [-0.15, -0.1) is 0 Å². The van der Waals surface area contributed by atoms with Crippen LogP contribution in [0.5, 0.6) is 0 Å². The maximum absolute atomic E-state index is 6.18. The Balaban J connectivity index is 1.75. The SMILES string of the molecule is Cc1cc(NCCc2ccccc2Cl)[nH+]c2cc(Cl)ccc12. The summed E-state index contributed by atoms with van der Waals surface area (Å²) in [5, 5.41) is 6.14. The van der Waals surface area contributed by atoms with Crippen LogP contribution >= 0.6 is 23.2 Å². The molecule has 0 aliphatic heterocycles. The number of halogens is 2. The van der Waals surface area contributed by atoms with E-state index >= 15 is 0 Å². The van der Waals surface area contributed by atoms with Gasteiger partial charge in [-0.3, -0.25) is 5.32 Å². The van der Waals surface area contributed by atoms with Gasteiger partial charge in [0.15, 0.2) is 0 Å². The lowest BCUT2D eigenvalue weighted by Gasteiger charge is -2.05. The van der Waals surface area contributed by atoms with Crippen LogP contribution < -0.4 is 10.3 Å². The molecule has 1 aromatic heterocycles. The average Bonchev–Trinajstić information content (AvgIpc) is 2.49. The molecule has 1 heterocycles. The summed E-state index contributed by atoms with van der Waals surface area (Å²) in [5.41, 5.74) is 3.40. The Morgan fingerprint density at radius 1 is 1.05 bits per heavy atom. The van der Waals surface area contributed by atoms with Crippen molar-refractivity contribution in [3.8, 4) is 0 Å². The fourth-order valence-corrected chi connectivity index (χ4v) is 2.97. The Labute approximate surface area is 140 Å². The Bertz CT molecular complexity index is 815. The zero-order valence-electron chi connectivity index (χ0n) is 12.3. The molecule has 0 aliphatic carbocycles. The molecule has 0 fully saturated rings. The second-order valence-corrected chi connectivity index (χ2v) is 6.17. The van der Waals surface area contributed by atoms with Gasteiger partial charge >= 0.3 is 0 Å². The van der Waals surface area contributed by atoms with Crippen molar-refractivity contribution in [1.82, 2.24) is 0 Å². The summed E-state index contributed by atoms with van der Waals surface area (Å²) in [6.45, 7) is 2.91. The zero-order valence-corrected chi connectivity index (χ0v) is 13.8. The van der Waals surface area contributed by atoms with Gasteiger partial charge in [-0.05, 0) is 36.2 Å². The molecule has 112 valence electrons. The summed E-state index contributed by atoms with van der Waals surface area (Å²) in [7, 11) is 0. The molecule has 0 bridgehead atoms. The molecule has 0 aliphatic rings. The van der Waals surface area contributed by atoms with Gasteiger partial charge in [0.2, 0.25) is 0 Å². The third-order valence-corrected chi connectivity index (χ3v) is 4.31. The number of benzene rings is 2. The monoisotopic (exact) mass is 331 g/mol. The predicted octanol–water partition coefficient (Wildman–Crippen LogP) is 4.92. The van der Waals surface area contributed by atoms with Crippen molar-refractivity contribution < 1.29 is 4.98 Å². The molecule has 4 heteroatoms. The van der Waals surface area contributed by atoms with Crippen LogP contribution in [0.3, 0.4) is 0 Å². The normalized spacial score (nSPS) is 10.9. The maximum Gasteiger partial charge on any atom is 0.272 e. The smallest absolute Gasteiger partial charge is 0.272 e. The molecule has 0 saturated heterocycles. The van der Waals surface area contributed by atoms with Crippen LogP contribution in [0.4, 0.5) is 5.82 Å². The lowest BCUT2D eigenvalue weighted by molar-refractivity contribution is -0.327. The number of H-pyrrole nitrogens is 1. The Hall–Kier alpha value is -1.77. The van der Waals surface area contributed by atoms with Crippen LogP contribution in [0.15, 0.2) is 48.5 Å². The number of fused-ring (bicyclic) bond motifs is 1. The number of aryl methyl sites for hydroxylation is 1. The van der Waals surface area contributed by atoms with Crippen LogP contribution in [0, 0.1) is 6.92 Å². The Morgan fingerprint density at radius 2 is 1.86 bits per heavy atom. The van der Waals surface area contributed by atoms with Gasteiger partial charge in [-0.25, -0.2) is 4.98 Å². The minimum atomic E-state index is 0.733. The second-order valence-electron chi connectivity index (χ2n) is 5.32. The molecule has 0 unspecified atom stereocenters. The summed E-state index contributed by atoms with van der Waals surface area (Å²) >= 11 is 12.2. The van der Waals surface area contributed by atoms with Crippen molar-refractivity contribution in [2.75, 3.05) is 11.9 Å². The first-order chi connectivity index (χ1) is 10.6. The number of aromatic amines is 1. The van der Waals surface area contributed by atoms with E-state index in [1.165, 1.54) is 10.9 Å². The average molecular weight is 332 g/mol. The van der Waals surface area contributed by atoms with Crippen LogP contribution in [-0.2, 0) is 6.42 Å². The predicted molar refractivity (Wildman–Crippen MR) is 93.9 cm³/mol. The topological polar surface area (TPSA) is 26.2 Å². The molecule has 3 aromatic rings. The molecule has 0 amide bonds. The summed E-state index contributed by atoms with van der Waals surface area (Å²) < 4.78 is 0. The quantitative estimate of drug-likeness (QED) is 0.721. The Kier molecular flexibility index (Phi) is 4.51. The van der Waals surface area contributed by atoms with Crippen molar-refractivity contribution in [1.29, 1.82) is 0 Å². The van der Waals surface area contributed by atoms with E-state index in [1.807, 2.05) is 36.4 Å². The van der Waals surface area contributed by atoms with Gasteiger partial charge in [-0.2, -0.15) is 0 Å². The molecule has 2 aromatic carbocycles. The van der Waals surface area contributed by atoms with Crippen molar-refractivity contribution in [2.24, 2.45) is 0 Å². The van der Waals surface area contributed by atoms with E-state index in [9.17, 15) is 0 Å². The first kappa shape index (κ1) is 15.1. The zero-order chi connectivity index (χ0) is 15.5. The summed E-state index contributed by atoms with van der Waals surface area (Å²) in [4.78, 5) is 3.38. The fraction of sp³-hybridized carbons (Fsp3) is 0.167. The molecule has 3 rings (SSSR count). The molecule has 22 heavy (non-hydrogen) atoms. The van der Waals surface area contributed by atoms with Crippen LogP contribution in [0.25, 0.3) is 10.9 Å². The number of rotatable bonds is 4. The Morgan fingerprint density at radius 3 is 2.68 bits per heavy atom. The van der Waals surface area contributed by atoms with Crippen molar-refractivity contribution in [2.45, 2.75) is 13.3 Å². The van der Waals surface area contributed by atoms with Gasteiger partial charge in [0.05, 0.1) is 6.54 Å². The number of hydrogen-bond acceptors (Lipinski definition) is 1. The number of anilines is 1. The summed E-state index contributed by atoms with van der Waals surface area (Å²) in [6, 6.07) is 15.9. The van der Waals surface area contributed by atoms with Crippen LogP contribution in [0.1, 0.15) is 11.1 Å². The number of nitrogens with one attached hydrogen (secondary N) is 2. The molecule has 2 nitrogen and oxygen atoms in total. The van der Waals surface area contributed by atoms with Gasteiger partial charge < -0.3 is 0 Å². The minimum Gasteiger partial charge on any atom is -0.274 e. The van der Waals surface area contributed by atoms with Gasteiger partial charge in [0.25, 0.3) is 5.82 Å². The highest BCUT2D eigenvalue weighted by molar-refractivity contribution is 6.31. The number of aromatic nitrogens is 1. The first-order valence-corrected chi connectivity index (χ1v) is 7.98. The summed E-state index contributed by atoms with van der Waals surface area (Å²) in [5.74, 6) is 0.985. The van der Waals surface area contributed by atoms with E-state index < -0.39 is 0 Å². The van der Waals surface area contributed by atoms with E-state index in [-0.39, 0.29) is 0 Å². The van der Waals surface area contributed by atoms with Crippen molar-refractivity contribution >= 4 is 39.9 Å². The van der Waals surface area contributed by atoms with E-state index in [2.05, 4.69) is 29.4 Å². The first-order valence-electron chi connectivity index (χ1n) is 7.23. The molecule has 0 saturated carbocycles. The molecular formula is C18H17Cl2N2+. The minimum absolute atomic E-state index is 0.733. The molecule has 0 radical (unpaired) electrons. The fourth-order valence-electron chi connectivity index (χ4n) is 2.57. The molecular weight excluding hydrogens is 315 g/mol. The summed E-state index contributed by atoms with van der Waals surface area (Å²) in [6.07, 6.45) is 0.875. The standard InChI is InChI=1S/C18H16Cl2N2/c1-12-10-18(22-17-11-14(19)6-7-15(12)17)21-9-8-13-4-2-3-5-16(13)20/h2-7,10-11H,8-9H2,1H3,(H,21,22)/p+1. The van der Waals surface area contributed by atoms with E-state index in [4.69, 9.17) is 23.2 Å². The van der Waals surface area contributed by atoms with E-state index in [0.717, 1.165) is 39.9 Å². The highest BCUT2D eigenvalue weighted by Gasteiger charge is 2.08. The van der Waals surface area contributed by atoms with Crippen molar-refractivity contribution in [3.63, 3.8) is 0 Å². The van der Waals surface area contributed by atoms with E-state index in [1.54, 1.807) is 0 Å². The third kappa shape index (κ3) is 3.34. The second kappa shape index (κ2) is 6.55. The highest BCUT2D eigenvalue weighted by Crippen LogP contribution is 2.21. The molecule has 2 N–H and O–H groups in total. The lowest BCUT2D eigenvalue weighted by Crippen LogP contribution is -2.16. The lowest BCUT2D eigenvalue weighted by atomic mass is 10.1. The van der Waals surface area contributed by atoms with Gasteiger partial charge in [0.1, 0.15) is 5.52 Å². The van der Waals surface area contributed by atoms with Gasteiger partial charge in [-0.1, -0.05) is 41.4 Å². The van der Waals surface area contributed by atoms with Crippen molar-refractivity contribution in [3.05, 3.63) is 69.7 Å². The molecule has 0 atom stereocenters. The highest BCUT2D eigenvalue weighted by atomic mass is 35.5. The number of hydrogen-bond donors (Lipinski definition) is 1. The maximum atomic E-state index is 6.18. The largest absolute Gasteiger partial charge is 0.274 e. The van der Waals surface area contributed by atoms with Gasteiger partial charge in [0, 0.05) is 34.0 Å². The number of pyridine rings is 1. The molecule has 0 spiro atoms.